The maximum absolute atomic E-state index is 14.8. The van der Waals surface area contributed by atoms with Gasteiger partial charge in [0.25, 0.3) is 0 Å². The van der Waals surface area contributed by atoms with Gasteiger partial charge in [0.1, 0.15) is 0 Å². The largest absolute Gasteiger partial charge is 0.334 e. The molecule has 0 unspecified atom stereocenters. The number of nitro benzene ring substituents is 1. The molecule has 0 saturated heterocycles. The first-order chi connectivity index (χ1) is 12.5. The summed E-state index contributed by atoms with van der Waals surface area (Å²) < 4.78 is 68.1. The highest BCUT2D eigenvalue weighted by atomic mass is 32.2. The van der Waals surface area contributed by atoms with Crippen molar-refractivity contribution in [2.45, 2.75) is 13.8 Å². The van der Waals surface area contributed by atoms with Gasteiger partial charge in [0, 0.05) is 5.56 Å². The zero-order valence-corrected chi connectivity index (χ0v) is 14.9. The Morgan fingerprint density at radius 3 is 2.15 bits per heavy atom. The molecule has 0 aromatic heterocycles. The van der Waals surface area contributed by atoms with Crippen LogP contribution in [0.4, 0.5) is 24.5 Å². The number of benzene rings is 2. The van der Waals surface area contributed by atoms with Crippen molar-refractivity contribution in [1.82, 2.24) is 0 Å². The van der Waals surface area contributed by atoms with Crippen LogP contribution in [0.25, 0.3) is 0 Å². The molecule has 7 nitrogen and oxygen atoms in total. The minimum atomic E-state index is -4.29. The molecule has 0 spiro atoms. The van der Waals surface area contributed by atoms with E-state index in [0.29, 0.717) is 0 Å². The van der Waals surface area contributed by atoms with Crippen LogP contribution in [0.2, 0.25) is 0 Å². The lowest BCUT2D eigenvalue weighted by Crippen LogP contribution is -2.20. The van der Waals surface area contributed by atoms with Crippen molar-refractivity contribution in [1.29, 1.82) is 0 Å². The fourth-order valence-electron chi connectivity index (χ4n) is 2.19. The molecule has 11 heteroatoms. The molecule has 0 aliphatic heterocycles. The van der Waals surface area contributed by atoms with E-state index in [4.69, 9.17) is 0 Å². The molecule has 2 rings (SSSR count). The van der Waals surface area contributed by atoms with Crippen LogP contribution in [0.5, 0.6) is 0 Å². The first kappa shape index (κ1) is 20.4. The van der Waals surface area contributed by atoms with E-state index in [0.717, 1.165) is 12.5 Å². The van der Waals surface area contributed by atoms with E-state index < -0.39 is 60.9 Å². The van der Waals surface area contributed by atoms with E-state index in [1.54, 1.807) is 6.92 Å². The summed E-state index contributed by atoms with van der Waals surface area (Å²) in [5, 5.41) is 11.0. The van der Waals surface area contributed by atoms with Gasteiger partial charge in [-0.2, -0.15) is 4.39 Å². The number of nitrogens with zero attached hydrogens (tertiary/aromatic N) is 1. The summed E-state index contributed by atoms with van der Waals surface area (Å²) >= 11 is 0. The monoisotopic (exact) mass is 402 g/mol. The molecule has 0 radical (unpaired) electrons. The second-order valence-electron chi connectivity index (χ2n) is 5.50. The van der Waals surface area contributed by atoms with Crippen LogP contribution in [0, 0.1) is 34.5 Å². The van der Waals surface area contributed by atoms with Gasteiger partial charge in [0.15, 0.2) is 23.1 Å². The third-order valence-electron chi connectivity index (χ3n) is 3.66. The predicted molar refractivity (Wildman–Crippen MR) is 90.7 cm³/mol. The van der Waals surface area contributed by atoms with Gasteiger partial charge in [-0.3, -0.25) is 19.6 Å². The Morgan fingerprint density at radius 1 is 1.11 bits per heavy atom. The Bertz CT molecular complexity index is 1040. The Labute approximate surface area is 152 Å². The minimum absolute atomic E-state index is 0.212. The first-order valence-corrected chi connectivity index (χ1v) is 9.12. The maximum Gasteiger partial charge on any atom is 0.334 e. The van der Waals surface area contributed by atoms with Crippen LogP contribution in [0.3, 0.4) is 0 Å². The van der Waals surface area contributed by atoms with Gasteiger partial charge in [-0.15, -0.1) is 0 Å². The van der Waals surface area contributed by atoms with Crippen LogP contribution in [-0.2, 0) is 10.0 Å². The molecule has 0 saturated carbocycles. The fraction of sp³-hybridized carbons (Fsp3) is 0.188. The quantitative estimate of drug-likeness (QED) is 0.345. The number of carbonyl (C=O) groups excluding carboxylic acids is 1. The van der Waals surface area contributed by atoms with Gasteiger partial charge in [-0.25, -0.2) is 17.2 Å². The standard InChI is InChI=1S/C16H13F3N2O5S/c1-3-27(25,26)20-14-12(18)10(11(17)13(19)15(14)21(23)24)16(22)9-6-4-8(2)5-7-9/h4-7,20H,3H2,1-2H3. The van der Waals surface area contributed by atoms with E-state index in [1.165, 1.54) is 29.0 Å². The van der Waals surface area contributed by atoms with Crippen LogP contribution in [-0.4, -0.2) is 24.9 Å². The number of hydrogen-bond acceptors (Lipinski definition) is 5. The maximum atomic E-state index is 14.8. The van der Waals surface area contributed by atoms with Gasteiger partial charge in [0.2, 0.25) is 15.8 Å². The third-order valence-corrected chi connectivity index (χ3v) is 4.93. The Morgan fingerprint density at radius 2 is 1.67 bits per heavy atom. The molecule has 2 aromatic carbocycles. The fourth-order valence-corrected chi connectivity index (χ4v) is 2.83. The lowest BCUT2D eigenvalue weighted by Gasteiger charge is -2.13. The SMILES string of the molecule is CCS(=O)(=O)Nc1c(F)c(C(=O)c2ccc(C)cc2)c(F)c(F)c1[N+](=O)[O-]. The number of ketones is 1. The average molecular weight is 402 g/mol. The number of aryl methyl sites for hydroxylation is 1. The van der Waals surface area contributed by atoms with E-state index >= 15 is 0 Å². The van der Waals surface area contributed by atoms with Crippen molar-refractivity contribution in [3.8, 4) is 0 Å². The van der Waals surface area contributed by atoms with Gasteiger partial charge in [-0.05, 0) is 13.8 Å². The highest BCUT2D eigenvalue weighted by molar-refractivity contribution is 7.92. The molecule has 0 aliphatic carbocycles. The summed E-state index contributed by atoms with van der Waals surface area (Å²) in [6.07, 6.45) is 0. The van der Waals surface area contributed by atoms with E-state index in [1.807, 2.05) is 0 Å². The zero-order chi connectivity index (χ0) is 20.5. The lowest BCUT2D eigenvalue weighted by atomic mass is 9.99. The van der Waals surface area contributed by atoms with Crippen LogP contribution in [0.1, 0.15) is 28.4 Å². The minimum Gasteiger partial charge on any atom is -0.288 e. The molecular formula is C16H13F3N2O5S. The molecule has 0 atom stereocenters. The lowest BCUT2D eigenvalue weighted by molar-refractivity contribution is -0.387. The molecule has 144 valence electrons. The van der Waals surface area contributed by atoms with Crippen LogP contribution < -0.4 is 4.72 Å². The summed E-state index contributed by atoms with van der Waals surface area (Å²) in [4.78, 5) is 22.0. The zero-order valence-electron chi connectivity index (χ0n) is 14.0. The van der Waals surface area contributed by atoms with Gasteiger partial charge in [-0.1, -0.05) is 29.8 Å². The highest BCUT2D eigenvalue weighted by Gasteiger charge is 2.36. The Balaban J connectivity index is 2.79. The molecule has 27 heavy (non-hydrogen) atoms. The number of anilines is 1. The molecule has 2 aromatic rings. The second-order valence-corrected chi connectivity index (χ2v) is 7.51. The summed E-state index contributed by atoms with van der Waals surface area (Å²) in [7, 11) is -4.29. The number of halogens is 3. The normalized spacial score (nSPS) is 11.3. The molecule has 0 amide bonds. The Kier molecular flexibility index (Phi) is 5.54. The topological polar surface area (TPSA) is 106 Å². The molecule has 0 aliphatic rings. The number of carbonyl (C=O) groups is 1. The number of nitro groups is 1. The van der Waals surface area contributed by atoms with E-state index in [9.17, 15) is 36.5 Å². The van der Waals surface area contributed by atoms with E-state index in [2.05, 4.69) is 0 Å². The Hall–Kier alpha value is -2.95. The summed E-state index contributed by atoms with van der Waals surface area (Å²) in [5.41, 5.74) is -4.09. The second kappa shape index (κ2) is 7.35. The summed E-state index contributed by atoms with van der Waals surface area (Å²) in [6, 6.07) is 5.38. The molecular weight excluding hydrogens is 389 g/mol. The predicted octanol–water partition coefficient (Wildman–Crippen LogP) is 3.31. The van der Waals surface area contributed by atoms with Crippen molar-refractivity contribution >= 4 is 27.2 Å². The highest BCUT2D eigenvalue weighted by Crippen LogP contribution is 2.37. The van der Waals surface area contributed by atoms with Gasteiger partial charge >= 0.3 is 5.69 Å². The van der Waals surface area contributed by atoms with Crippen LogP contribution >= 0.6 is 0 Å². The van der Waals surface area contributed by atoms with Crippen LogP contribution in [0.15, 0.2) is 24.3 Å². The van der Waals surface area contributed by atoms with Gasteiger partial charge in [0.05, 0.1) is 16.2 Å². The molecule has 0 heterocycles. The summed E-state index contributed by atoms with van der Waals surface area (Å²) in [5.74, 6) is -8.02. The van der Waals surface area contributed by atoms with Crippen molar-refractivity contribution in [3.05, 3.63) is 68.5 Å². The molecule has 0 bridgehead atoms. The van der Waals surface area contributed by atoms with Crippen molar-refractivity contribution in [3.63, 3.8) is 0 Å². The number of rotatable bonds is 6. The van der Waals surface area contributed by atoms with Gasteiger partial charge < -0.3 is 0 Å². The molecule has 0 fully saturated rings. The smallest absolute Gasteiger partial charge is 0.288 e. The first-order valence-electron chi connectivity index (χ1n) is 7.46. The van der Waals surface area contributed by atoms with Crippen molar-refractivity contribution in [2.24, 2.45) is 0 Å². The van der Waals surface area contributed by atoms with Crippen molar-refractivity contribution in [2.75, 3.05) is 10.5 Å². The van der Waals surface area contributed by atoms with Crippen molar-refractivity contribution < 1.29 is 31.3 Å². The number of nitrogens with one attached hydrogen (secondary N) is 1. The number of hydrogen-bond donors (Lipinski definition) is 1. The van der Waals surface area contributed by atoms with E-state index in [-0.39, 0.29) is 5.56 Å². The molecule has 1 N–H and O–H groups in total. The third kappa shape index (κ3) is 3.92. The summed E-state index contributed by atoms with van der Waals surface area (Å²) in [6.45, 7) is 2.84. The number of sulfonamides is 1. The average Bonchev–Trinajstić information content (AvgIpc) is 2.60.